The monoisotopic (exact) mass is 617 g/mol. The Hall–Kier alpha value is -3.02. The van der Waals surface area contributed by atoms with Crippen molar-refractivity contribution in [1.82, 2.24) is 19.4 Å². The normalized spacial score (nSPS) is 22.9. The number of alkyl halides is 1. The van der Waals surface area contributed by atoms with E-state index in [1.54, 1.807) is 9.47 Å². The minimum atomic E-state index is -0.874. The SMILES string of the molecule is C=CC(=O)N1C[C@H](C)N(c2nc(=O)n3c4c(c(-c5cc(Cl)c(F)cc5F)c(C)cc24)SCC3CN2CC(F)C2)C[C@H]1C. The third-order valence-corrected chi connectivity index (χ3v) is 10.0. The Morgan fingerprint density at radius 1 is 1.14 bits per heavy atom. The van der Waals surface area contributed by atoms with E-state index >= 15 is 4.39 Å². The van der Waals surface area contributed by atoms with Gasteiger partial charge in [-0.1, -0.05) is 18.2 Å². The van der Waals surface area contributed by atoms with Gasteiger partial charge in [-0.15, -0.1) is 11.8 Å². The van der Waals surface area contributed by atoms with Gasteiger partial charge in [0, 0.05) is 78.0 Å². The van der Waals surface area contributed by atoms with E-state index in [2.05, 4.69) is 11.6 Å². The van der Waals surface area contributed by atoms with Gasteiger partial charge in [-0.2, -0.15) is 4.98 Å². The summed E-state index contributed by atoms with van der Waals surface area (Å²) in [5, 5.41) is 0.532. The van der Waals surface area contributed by atoms with Gasteiger partial charge in [-0.05, 0) is 44.5 Å². The fourth-order valence-electron chi connectivity index (χ4n) is 6.42. The van der Waals surface area contributed by atoms with Gasteiger partial charge < -0.3 is 9.80 Å². The Morgan fingerprint density at radius 2 is 1.88 bits per heavy atom. The van der Waals surface area contributed by atoms with Crippen molar-refractivity contribution in [2.75, 3.05) is 43.4 Å². The van der Waals surface area contributed by atoms with E-state index < -0.39 is 23.5 Å². The van der Waals surface area contributed by atoms with Crippen molar-refractivity contribution in [3.63, 3.8) is 0 Å². The second kappa shape index (κ2) is 10.9. The lowest BCUT2D eigenvalue weighted by Gasteiger charge is -2.45. The lowest BCUT2D eigenvalue weighted by Crippen LogP contribution is -2.58. The zero-order chi connectivity index (χ0) is 30.0. The van der Waals surface area contributed by atoms with Gasteiger partial charge in [0.1, 0.15) is 23.6 Å². The number of carbonyl (C=O) groups is 1. The molecular weight excluding hydrogens is 587 g/mol. The quantitative estimate of drug-likeness (QED) is 0.289. The molecule has 2 aromatic carbocycles. The average molecular weight is 618 g/mol. The van der Waals surface area contributed by atoms with Gasteiger partial charge in [0.25, 0.3) is 0 Å². The summed E-state index contributed by atoms with van der Waals surface area (Å²) >= 11 is 7.60. The lowest BCUT2D eigenvalue weighted by molar-refractivity contribution is -0.128. The van der Waals surface area contributed by atoms with E-state index in [0.29, 0.717) is 60.3 Å². The number of likely N-dealkylation sites (tertiary alicyclic amines) is 1. The van der Waals surface area contributed by atoms with Gasteiger partial charge >= 0.3 is 5.69 Å². The summed E-state index contributed by atoms with van der Waals surface area (Å²) in [6.45, 7) is 11.4. The molecule has 3 aliphatic heterocycles. The smallest absolute Gasteiger partial charge is 0.349 e. The third-order valence-electron chi connectivity index (χ3n) is 8.50. The van der Waals surface area contributed by atoms with E-state index in [1.807, 2.05) is 36.6 Å². The molecule has 222 valence electrons. The minimum absolute atomic E-state index is 0.151. The molecule has 7 nitrogen and oxygen atoms in total. The van der Waals surface area contributed by atoms with Crippen molar-refractivity contribution in [3.05, 3.63) is 63.6 Å². The number of carbonyl (C=O) groups excluding carboxylic acids is 1. The van der Waals surface area contributed by atoms with Gasteiger partial charge in [-0.25, -0.2) is 18.0 Å². The minimum Gasteiger partial charge on any atom is -0.349 e. The Balaban J connectivity index is 1.56. The van der Waals surface area contributed by atoms with Crippen molar-refractivity contribution in [3.8, 4) is 11.1 Å². The summed E-state index contributed by atoms with van der Waals surface area (Å²) in [6.07, 6.45) is 0.430. The number of benzene rings is 2. The first kappa shape index (κ1) is 29.1. The fourth-order valence-corrected chi connectivity index (χ4v) is 7.96. The highest BCUT2D eigenvalue weighted by Crippen LogP contribution is 2.47. The molecule has 6 rings (SSSR count). The van der Waals surface area contributed by atoms with Crippen LogP contribution >= 0.6 is 23.4 Å². The van der Waals surface area contributed by atoms with Crippen molar-refractivity contribution < 1.29 is 18.0 Å². The van der Waals surface area contributed by atoms with Crippen LogP contribution in [0.1, 0.15) is 25.5 Å². The Morgan fingerprint density at radius 3 is 2.57 bits per heavy atom. The highest BCUT2D eigenvalue weighted by atomic mass is 35.5. The number of thioether (sulfide) groups is 1. The maximum absolute atomic E-state index is 15.3. The number of aromatic nitrogens is 2. The molecular formula is C30H31ClF3N5O2S. The molecule has 3 aromatic rings. The van der Waals surface area contributed by atoms with Gasteiger partial charge in [0.2, 0.25) is 5.91 Å². The van der Waals surface area contributed by atoms with Crippen LogP contribution < -0.4 is 10.6 Å². The van der Waals surface area contributed by atoms with Gasteiger partial charge in [-0.3, -0.25) is 14.3 Å². The zero-order valence-electron chi connectivity index (χ0n) is 23.5. The summed E-state index contributed by atoms with van der Waals surface area (Å²) in [5.74, 6) is -0.751. The topological polar surface area (TPSA) is 61.7 Å². The number of piperazine rings is 1. The summed E-state index contributed by atoms with van der Waals surface area (Å²) < 4.78 is 44.7. The van der Waals surface area contributed by atoms with Crippen molar-refractivity contribution in [1.29, 1.82) is 0 Å². The van der Waals surface area contributed by atoms with Crippen LogP contribution in [0.4, 0.5) is 19.0 Å². The number of hydrogen-bond acceptors (Lipinski definition) is 6. The number of aryl methyl sites for hydroxylation is 1. The maximum atomic E-state index is 15.3. The molecule has 0 radical (unpaired) electrons. The van der Waals surface area contributed by atoms with E-state index in [9.17, 15) is 18.4 Å². The Kier molecular flexibility index (Phi) is 7.55. The van der Waals surface area contributed by atoms with E-state index in [4.69, 9.17) is 11.6 Å². The van der Waals surface area contributed by atoms with Gasteiger partial charge in [0.05, 0.1) is 16.6 Å². The maximum Gasteiger partial charge on any atom is 0.350 e. The van der Waals surface area contributed by atoms with E-state index in [0.717, 1.165) is 17.0 Å². The van der Waals surface area contributed by atoms with Crippen LogP contribution in [-0.2, 0) is 4.79 Å². The van der Waals surface area contributed by atoms with Crippen LogP contribution in [0.15, 0.2) is 40.5 Å². The first-order valence-electron chi connectivity index (χ1n) is 13.9. The number of anilines is 1. The predicted octanol–water partition coefficient (Wildman–Crippen LogP) is 5.22. The summed E-state index contributed by atoms with van der Waals surface area (Å²) in [5.41, 5.74) is 1.60. The number of rotatable bonds is 5. The molecule has 0 bridgehead atoms. The number of hydrogen-bond donors (Lipinski definition) is 0. The number of amides is 1. The molecule has 2 saturated heterocycles. The Bertz CT molecular complexity index is 1680. The molecule has 0 N–H and O–H groups in total. The number of nitrogens with zero attached hydrogens (tertiary/aromatic N) is 5. The summed E-state index contributed by atoms with van der Waals surface area (Å²) in [7, 11) is 0. The second-order valence-electron chi connectivity index (χ2n) is 11.5. The molecule has 1 aromatic heterocycles. The van der Waals surface area contributed by atoms with Crippen LogP contribution in [0.2, 0.25) is 5.02 Å². The highest BCUT2D eigenvalue weighted by molar-refractivity contribution is 7.99. The van der Waals surface area contributed by atoms with Crippen LogP contribution in [0.3, 0.4) is 0 Å². The molecule has 1 amide bonds. The summed E-state index contributed by atoms with van der Waals surface area (Å²) in [4.78, 5) is 37.4. The first-order chi connectivity index (χ1) is 20.0. The largest absolute Gasteiger partial charge is 0.350 e. The van der Waals surface area contributed by atoms with Crippen molar-refractivity contribution in [2.24, 2.45) is 0 Å². The van der Waals surface area contributed by atoms with Crippen LogP contribution in [-0.4, -0.2) is 82.0 Å². The average Bonchev–Trinajstić information content (AvgIpc) is 2.93. The molecule has 3 aliphatic rings. The molecule has 0 spiro atoms. The third kappa shape index (κ3) is 4.79. The lowest BCUT2D eigenvalue weighted by atomic mass is 9.96. The van der Waals surface area contributed by atoms with E-state index in [1.165, 1.54) is 23.9 Å². The Labute approximate surface area is 250 Å². The molecule has 12 heteroatoms. The van der Waals surface area contributed by atoms with Crippen LogP contribution in [0.25, 0.3) is 22.0 Å². The molecule has 42 heavy (non-hydrogen) atoms. The molecule has 0 saturated carbocycles. The molecule has 1 unspecified atom stereocenters. The fraction of sp³-hybridized carbons (Fsp3) is 0.433. The summed E-state index contributed by atoms with van der Waals surface area (Å²) in [6, 6.07) is 3.38. The highest BCUT2D eigenvalue weighted by Gasteiger charge is 2.37. The molecule has 3 atom stereocenters. The predicted molar refractivity (Wildman–Crippen MR) is 160 cm³/mol. The van der Waals surface area contributed by atoms with Crippen molar-refractivity contribution in [2.45, 2.75) is 50.0 Å². The second-order valence-corrected chi connectivity index (χ2v) is 12.9. The molecule has 2 fully saturated rings. The number of halogens is 4. The van der Waals surface area contributed by atoms with Crippen molar-refractivity contribution >= 4 is 46.0 Å². The van der Waals surface area contributed by atoms with Gasteiger partial charge in [0.15, 0.2) is 0 Å². The standard InChI is InChI=1S/C30H31ClF3N5O2S/c1-5-25(40)37-9-17(4)38(10-16(37)3)29-21-6-15(2)26(20-7-22(31)24(34)8-23(20)33)28-27(21)39(30(41)35-29)19(14-42-28)13-36-11-18(32)12-36/h5-8,16-19H,1,9-14H2,2-4H3/t16-,17+,19?/m1/s1. The van der Waals surface area contributed by atoms with Crippen LogP contribution in [0, 0.1) is 18.6 Å². The van der Waals surface area contributed by atoms with E-state index in [-0.39, 0.29) is 34.6 Å². The first-order valence-corrected chi connectivity index (χ1v) is 15.3. The zero-order valence-corrected chi connectivity index (χ0v) is 25.1. The molecule has 0 aliphatic carbocycles. The van der Waals surface area contributed by atoms with Crippen LogP contribution in [0.5, 0.6) is 0 Å². The molecule has 4 heterocycles.